The van der Waals surface area contributed by atoms with E-state index in [1.54, 1.807) is 45.0 Å². The van der Waals surface area contributed by atoms with Crippen molar-refractivity contribution in [1.29, 1.82) is 0 Å². The summed E-state index contributed by atoms with van der Waals surface area (Å²) in [6.07, 6.45) is 0.519. The molecule has 1 aromatic carbocycles. The summed E-state index contributed by atoms with van der Waals surface area (Å²) in [6, 6.07) is 6.74. The molecule has 0 fully saturated rings. The number of ether oxygens (including phenoxy) is 1. The SMILES string of the molecule is CC(C)(CCO)Oc1ccc(NS(=O)(=O)C(C)(C)C)cc1. The standard InChI is InChI=1S/C15H25NO4S/c1-14(2,3)21(18,19)16-12-6-8-13(9-7-12)20-15(4,5)10-11-17/h6-9,16-17H,10-11H2,1-5H3. The van der Waals surface area contributed by atoms with Gasteiger partial charge in [0.15, 0.2) is 0 Å². The van der Waals surface area contributed by atoms with Crippen LogP contribution in [0, 0.1) is 0 Å². The molecule has 5 nitrogen and oxygen atoms in total. The Bertz CT molecular complexity index is 556. The molecule has 0 aliphatic carbocycles. The number of aliphatic hydroxyl groups excluding tert-OH is 1. The van der Waals surface area contributed by atoms with E-state index in [9.17, 15) is 8.42 Å². The molecule has 1 aromatic rings. The van der Waals surface area contributed by atoms with E-state index in [2.05, 4.69) is 4.72 Å². The van der Waals surface area contributed by atoms with Gasteiger partial charge in [0.2, 0.25) is 10.0 Å². The van der Waals surface area contributed by atoms with E-state index in [-0.39, 0.29) is 6.61 Å². The Morgan fingerprint density at radius 2 is 1.62 bits per heavy atom. The van der Waals surface area contributed by atoms with Gasteiger partial charge in [-0.15, -0.1) is 0 Å². The predicted octanol–water partition coefficient (Wildman–Crippen LogP) is 2.77. The topological polar surface area (TPSA) is 75.6 Å². The average Bonchev–Trinajstić information content (AvgIpc) is 2.29. The lowest BCUT2D eigenvalue weighted by Crippen LogP contribution is -2.33. The normalized spacial score (nSPS) is 13.0. The van der Waals surface area contributed by atoms with Crippen LogP contribution in [-0.4, -0.2) is 30.5 Å². The number of benzene rings is 1. The molecule has 0 aliphatic rings. The molecule has 0 amide bonds. The van der Waals surface area contributed by atoms with Crippen LogP contribution in [0.25, 0.3) is 0 Å². The summed E-state index contributed by atoms with van der Waals surface area (Å²) >= 11 is 0. The highest BCUT2D eigenvalue weighted by Crippen LogP contribution is 2.24. The zero-order chi connectivity index (χ0) is 16.3. The molecule has 120 valence electrons. The van der Waals surface area contributed by atoms with Gasteiger partial charge in [0.25, 0.3) is 0 Å². The summed E-state index contributed by atoms with van der Waals surface area (Å²) < 4.78 is 31.5. The summed E-state index contributed by atoms with van der Waals surface area (Å²) in [6.45, 7) is 8.76. The van der Waals surface area contributed by atoms with E-state index >= 15 is 0 Å². The third kappa shape index (κ3) is 5.21. The molecule has 2 N–H and O–H groups in total. The largest absolute Gasteiger partial charge is 0.488 e. The Hall–Kier alpha value is -1.27. The maximum Gasteiger partial charge on any atom is 0.237 e. The van der Waals surface area contributed by atoms with Crippen molar-refractivity contribution in [3.63, 3.8) is 0 Å². The van der Waals surface area contributed by atoms with E-state index in [0.717, 1.165) is 0 Å². The molecule has 0 saturated carbocycles. The second-order valence-corrected chi connectivity index (χ2v) is 9.01. The summed E-state index contributed by atoms with van der Waals surface area (Å²) in [5.74, 6) is 0.632. The van der Waals surface area contributed by atoms with Crippen molar-refractivity contribution in [1.82, 2.24) is 0 Å². The van der Waals surface area contributed by atoms with Crippen LogP contribution in [0.5, 0.6) is 5.75 Å². The molecule has 0 aromatic heterocycles. The molecular weight excluding hydrogens is 290 g/mol. The lowest BCUT2D eigenvalue weighted by molar-refractivity contribution is 0.0765. The number of anilines is 1. The van der Waals surface area contributed by atoms with Gasteiger partial charge in [-0.25, -0.2) is 8.42 Å². The maximum absolute atomic E-state index is 12.1. The quantitative estimate of drug-likeness (QED) is 0.846. The van der Waals surface area contributed by atoms with Gasteiger partial charge in [-0.05, 0) is 58.9 Å². The molecule has 0 aliphatic heterocycles. The Kier molecular flexibility index (Phi) is 5.28. The van der Waals surface area contributed by atoms with Crippen LogP contribution >= 0.6 is 0 Å². The van der Waals surface area contributed by atoms with Crippen LogP contribution in [-0.2, 0) is 10.0 Å². The van der Waals surface area contributed by atoms with E-state index in [1.807, 2.05) is 13.8 Å². The minimum atomic E-state index is -3.43. The van der Waals surface area contributed by atoms with Crippen molar-refractivity contribution >= 4 is 15.7 Å². The number of nitrogens with one attached hydrogen (secondary N) is 1. The summed E-state index contributed by atoms with van der Waals surface area (Å²) in [7, 11) is -3.43. The molecule has 21 heavy (non-hydrogen) atoms. The number of rotatable bonds is 6. The van der Waals surface area contributed by atoms with E-state index in [1.165, 1.54) is 0 Å². The smallest absolute Gasteiger partial charge is 0.237 e. The summed E-state index contributed by atoms with van der Waals surface area (Å²) in [5, 5.41) is 8.97. The van der Waals surface area contributed by atoms with E-state index < -0.39 is 20.4 Å². The first-order valence-corrected chi connectivity index (χ1v) is 8.37. The Labute approximate surface area is 127 Å². The zero-order valence-electron chi connectivity index (χ0n) is 13.3. The van der Waals surface area contributed by atoms with Gasteiger partial charge < -0.3 is 9.84 Å². The third-order valence-corrected chi connectivity index (χ3v) is 5.14. The van der Waals surface area contributed by atoms with E-state index in [0.29, 0.717) is 17.9 Å². The number of hydrogen-bond acceptors (Lipinski definition) is 4. The number of hydrogen-bond donors (Lipinski definition) is 2. The Morgan fingerprint density at radius 1 is 1.10 bits per heavy atom. The first-order valence-electron chi connectivity index (χ1n) is 6.89. The van der Waals surface area contributed by atoms with Gasteiger partial charge in [-0.2, -0.15) is 0 Å². The van der Waals surface area contributed by atoms with E-state index in [4.69, 9.17) is 9.84 Å². The molecule has 1 rings (SSSR count). The molecular formula is C15H25NO4S. The minimum Gasteiger partial charge on any atom is -0.488 e. The van der Waals surface area contributed by atoms with Crippen LogP contribution in [0.4, 0.5) is 5.69 Å². The second-order valence-electron chi connectivity index (χ2n) is 6.58. The fourth-order valence-electron chi connectivity index (χ4n) is 1.54. The highest BCUT2D eigenvalue weighted by atomic mass is 32.2. The molecule has 0 atom stereocenters. The highest BCUT2D eigenvalue weighted by molar-refractivity contribution is 7.94. The fraction of sp³-hybridized carbons (Fsp3) is 0.600. The monoisotopic (exact) mass is 315 g/mol. The summed E-state index contributed by atoms with van der Waals surface area (Å²) in [4.78, 5) is 0. The predicted molar refractivity (Wildman–Crippen MR) is 85.1 cm³/mol. The summed E-state index contributed by atoms with van der Waals surface area (Å²) in [5.41, 5.74) is 0.0264. The van der Waals surface area contributed by atoms with Gasteiger partial charge in [0, 0.05) is 18.7 Å². The van der Waals surface area contributed by atoms with Gasteiger partial charge >= 0.3 is 0 Å². The van der Waals surface area contributed by atoms with Crippen molar-refractivity contribution < 1.29 is 18.3 Å². The lowest BCUT2D eigenvalue weighted by Gasteiger charge is -2.26. The van der Waals surface area contributed by atoms with Gasteiger partial charge in [0.1, 0.15) is 11.4 Å². The van der Waals surface area contributed by atoms with Gasteiger partial charge in [-0.3, -0.25) is 4.72 Å². The van der Waals surface area contributed by atoms with Gasteiger partial charge in [0.05, 0.1) is 4.75 Å². The van der Waals surface area contributed by atoms with Crippen molar-refractivity contribution in [3.05, 3.63) is 24.3 Å². The third-order valence-electron chi connectivity index (χ3n) is 3.02. The molecule has 0 bridgehead atoms. The highest BCUT2D eigenvalue weighted by Gasteiger charge is 2.28. The zero-order valence-corrected chi connectivity index (χ0v) is 14.1. The molecule has 6 heteroatoms. The Balaban J connectivity index is 2.80. The Morgan fingerprint density at radius 3 is 2.05 bits per heavy atom. The van der Waals surface area contributed by atoms with Crippen molar-refractivity contribution in [3.8, 4) is 5.75 Å². The molecule has 0 radical (unpaired) electrons. The van der Waals surface area contributed by atoms with Crippen LogP contribution in [0.3, 0.4) is 0 Å². The van der Waals surface area contributed by atoms with Gasteiger partial charge in [-0.1, -0.05) is 0 Å². The lowest BCUT2D eigenvalue weighted by atomic mass is 10.1. The first-order chi connectivity index (χ1) is 9.47. The molecule has 0 unspecified atom stereocenters. The maximum atomic E-state index is 12.1. The molecule has 0 saturated heterocycles. The first kappa shape index (κ1) is 17.8. The van der Waals surface area contributed by atoms with Crippen molar-refractivity contribution in [2.75, 3.05) is 11.3 Å². The van der Waals surface area contributed by atoms with Crippen LogP contribution < -0.4 is 9.46 Å². The minimum absolute atomic E-state index is 0.0520. The second kappa shape index (κ2) is 6.23. The average molecular weight is 315 g/mol. The van der Waals surface area contributed by atoms with Crippen LogP contribution in [0.15, 0.2) is 24.3 Å². The number of aliphatic hydroxyl groups is 1. The fourth-order valence-corrected chi connectivity index (χ4v) is 2.29. The van der Waals surface area contributed by atoms with Crippen molar-refractivity contribution in [2.45, 2.75) is 51.4 Å². The molecule has 0 spiro atoms. The number of sulfonamides is 1. The van der Waals surface area contributed by atoms with Crippen molar-refractivity contribution in [2.24, 2.45) is 0 Å². The molecule has 0 heterocycles. The van der Waals surface area contributed by atoms with Crippen LogP contribution in [0.1, 0.15) is 41.0 Å². The van der Waals surface area contributed by atoms with Crippen LogP contribution in [0.2, 0.25) is 0 Å².